The molecule has 1 amide bonds. The molecule has 0 heterocycles. The van der Waals surface area contributed by atoms with E-state index in [0.717, 1.165) is 5.56 Å². The van der Waals surface area contributed by atoms with Gasteiger partial charge in [-0.1, -0.05) is 29.3 Å². The van der Waals surface area contributed by atoms with Crippen LogP contribution in [0.5, 0.6) is 0 Å². The van der Waals surface area contributed by atoms with Crippen molar-refractivity contribution in [3.05, 3.63) is 63.9 Å². The molecule has 1 N–H and O–H groups in total. The van der Waals surface area contributed by atoms with Crippen molar-refractivity contribution in [2.45, 2.75) is 12.8 Å². The Morgan fingerprint density at radius 2 is 1.75 bits per heavy atom. The Balaban J connectivity index is 1.88. The van der Waals surface area contributed by atoms with Gasteiger partial charge in [-0.25, -0.2) is 4.39 Å². The SMILES string of the molecule is O=C(CCc1ccc(Cl)c(Cl)c1)Nc1ccc(F)cc1. The fraction of sp³-hybridized carbons (Fsp3) is 0.133. The van der Waals surface area contributed by atoms with Crippen LogP contribution in [-0.4, -0.2) is 5.91 Å². The van der Waals surface area contributed by atoms with Crippen LogP contribution in [0, 0.1) is 5.82 Å². The van der Waals surface area contributed by atoms with Gasteiger partial charge in [0, 0.05) is 12.1 Å². The second-order valence-electron chi connectivity index (χ2n) is 4.30. The monoisotopic (exact) mass is 311 g/mol. The van der Waals surface area contributed by atoms with Crippen LogP contribution in [0.25, 0.3) is 0 Å². The van der Waals surface area contributed by atoms with Crippen molar-refractivity contribution >= 4 is 34.8 Å². The van der Waals surface area contributed by atoms with Crippen molar-refractivity contribution in [1.82, 2.24) is 0 Å². The first-order chi connectivity index (χ1) is 9.54. The first-order valence-corrected chi connectivity index (χ1v) is 6.79. The average Bonchev–Trinajstić information content (AvgIpc) is 2.43. The van der Waals surface area contributed by atoms with Crippen molar-refractivity contribution in [1.29, 1.82) is 0 Å². The molecule has 2 aromatic carbocycles. The summed E-state index contributed by atoms with van der Waals surface area (Å²) in [6, 6.07) is 10.9. The molecule has 0 atom stereocenters. The molecule has 0 radical (unpaired) electrons. The number of anilines is 1. The van der Waals surface area contributed by atoms with E-state index in [-0.39, 0.29) is 11.7 Å². The largest absolute Gasteiger partial charge is 0.326 e. The molecule has 0 bridgehead atoms. The van der Waals surface area contributed by atoms with E-state index in [9.17, 15) is 9.18 Å². The summed E-state index contributed by atoms with van der Waals surface area (Å²) < 4.78 is 12.7. The van der Waals surface area contributed by atoms with Crippen LogP contribution in [0.4, 0.5) is 10.1 Å². The van der Waals surface area contributed by atoms with Gasteiger partial charge in [-0.3, -0.25) is 4.79 Å². The van der Waals surface area contributed by atoms with E-state index in [1.807, 2.05) is 6.07 Å². The number of carbonyl (C=O) groups is 1. The molecular weight excluding hydrogens is 300 g/mol. The van der Waals surface area contributed by atoms with Crippen molar-refractivity contribution in [2.24, 2.45) is 0 Å². The topological polar surface area (TPSA) is 29.1 Å². The van der Waals surface area contributed by atoms with Crippen LogP contribution in [0.3, 0.4) is 0 Å². The Kier molecular flexibility index (Phi) is 4.99. The van der Waals surface area contributed by atoms with Gasteiger partial charge in [-0.2, -0.15) is 0 Å². The lowest BCUT2D eigenvalue weighted by atomic mass is 10.1. The minimum Gasteiger partial charge on any atom is -0.326 e. The molecule has 104 valence electrons. The van der Waals surface area contributed by atoms with E-state index in [0.29, 0.717) is 28.6 Å². The molecular formula is C15H12Cl2FNO. The molecule has 5 heteroatoms. The van der Waals surface area contributed by atoms with Gasteiger partial charge in [0.2, 0.25) is 5.91 Å². The summed E-state index contributed by atoms with van der Waals surface area (Å²) in [6.45, 7) is 0. The van der Waals surface area contributed by atoms with Gasteiger partial charge in [-0.15, -0.1) is 0 Å². The third-order valence-corrected chi connectivity index (χ3v) is 3.49. The number of amides is 1. The summed E-state index contributed by atoms with van der Waals surface area (Å²) in [7, 11) is 0. The highest BCUT2D eigenvalue weighted by Gasteiger charge is 2.05. The van der Waals surface area contributed by atoms with Crippen LogP contribution in [-0.2, 0) is 11.2 Å². The maximum absolute atomic E-state index is 12.7. The van der Waals surface area contributed by atoms with Gasteiger partial charge in [0.1, 0.15) is 5.82 Å². The van der Waals surface area contributed by atoms with E-state index in [4.69, 9.17) is 23.2 Å². The molecule has 2 rings (SSSR count). The zero-order valence-corrected chi connectivity index (χ0v) is 12.0. The molecule has 0 aliphatic carbocycles. The Morgan fingerprint density at radius 1 is 1.05 bits per heavy atom. The first-order valence-electron chi connectivity index (χ1n) is 6.04. The average molecular weight is 312 g/mol. The highest BCUT2D eigenvalue weighted by Crippen LogP contribution is 2.23. The van der Waals surface area contributed by atoms with Crippen LogP contribution in [0.2, 0.25) is 10.0 Å². The lowest BCUT2D eigenvalue weighted by Crippen LogP contribution is -2.12. The van der Waals surface area contributed by atoms with E-state index in [2.05, 4.69) is 5.32 Å². The van der Waals surface area contributed by atoms with Crippen LogP contribution in [0.1, 0.15) is 12.0 Å². The Labute approximate surface area is 126 Å². The Hall–Kier alpha value is -1.58. The third kappa shape index (κ3) is 4.22. The molecule has 0 saturated heterocycles. The number of benzene rings is 2. The fourth-order valence-electron chi connectivity index (χ4n) is 1.71. The van der Waals surface area contributed by atoms with E-state index in [1.165, 1.54) is 24.3 Å². The number of carbonyl (C=O) groups excluding carboxylic acids is 1. The lowest BCUT2D eigenvalue weighted by Gasteiger charge is -2.06. The van der Waals surface area contributed by atoms with E-state index < -0.39 is 0 Å². The molecule has 0 spiro atoms. The Bertz CT molecular complexity index is 614. The highest BCUT2D eigenvalue weighted by atomic mass is 35.5. The smallest absolute Gasteiger partial charge is 0.224 e. The van der Waals surface area contributed by atoms with Crippen LogP contribution in [0.15, 0.2) is 42.5 Å². The number of hydrogen-bond acceptors (Lipinski definition) is 1. The van der Waals surface area contributed by atoms with Gasteiger partial charge in [0.25, 0.3) is 0 Å². The maximum atomic E-state index is 12.7. The summed E-state index contributed by atoms with van der Waals surface area (Å²) in [5, 5.41) is 3.67. The standard InChI is InChI=1S/C15H12Cl2FNO/c16-13-7-1-10(9-14(13)17)2-8-15(20)19-12-5-3-11(18)4-6-12/h1,3-7,9H,2,8H2,(H,19,20). The molecule has 2 aromatic rings. The predicted molar refractivity (Wildman–Crippen MR) is 79.8 cm³/mol. The number of nitrogens with one attached hydrogen (secondary N) is 1. The highest BCUT2D eigenvalue weighted by molar-refractivity contribution is 6.42. The Morgan fingerprint density at radius 3 is 2.40 bits per heavy atom. The van der Waals surface area contributed by atoms with Crippen molar-refractivity contribution in [3.8, 4) is 0 Å². The molecule has 0 unspecified atom stereocenters. The molecule has 0 aromatic heterocycles. The predicted octanol–water partition coefficient (Wildman–Crippen LogP) is 4.70. The normalized spacial score (nSPS) is 10.3. The molecule has 0 aliphatic rings. The first kappa shape index (κ1) is 14.8. The zero-order chi connectivity index (χ0) is 14.5. The lowest BCUT2D eigenvalue weighted by molar-refractivity contribution is -0.116. The van der Waals surface area contributed by atoms with Gasteiger partial charge in [0.15, 0.2) is 0 Å². The summed E-state index contributed by atoms with van der Waals surface area (Å²) in [4.78, 5) is 11.8. The molecule has 0 aliphatic heterocycles. The second-order valence-corrected chi connectivity index (χ2v) is 5.12. The summed E-state index contributed by atoms with van der Waals surface area (Å²) in [5.41, 5.74) is 1.51. The molecule has 0 fully saturated rings. The van der Waals surface area contributed by atoms with Gasteiger partial charge in [-0.05, 0) is 48.4 Å². The minimum absolute atomic E-state index is 0.136. The number of hydrogen-bond donors (Lipinski definition) is 1. The quantitative estimate of drug-likeness (QED) is 0.871. The second kappa shape index (κ2) is 6.73. The molecule has 0 saturated carbocycles. The summed E-state index contributed by atoms with van der Waals surface area (Å²) in [5.74, 6) is -0.471. The number of rotatable bonds is 4. The van der Waals surface area contributed by atoms with Crippen LogP contribution < -0.4 is 5.32 Å². The van der Waals surface area contributed by atoms with Crippen molar-refractivity contribution in [3.63, 3.8) is 0 Å². The number of aryl methyl sites for hydroxylation is 1. The third-order valence-electron chi connectivity index (χ3n) is 2.75. The minimum atomic E-state index is -0.334. The van der Waals surface area contributed by atoms with Gasteiger partial charge >= 0.3 is 0 Å². The molecule has 20 heavy (non-hydrogen) atoms. The maximum Gasteiger partial charge on any atom is 0.224 e. The van der Waals surface area contributed by atoms with E-state index in [1.54, 1.807) is 12.1 Å². The van der Waals surface area contributed by atoms with Gasteiger partial charge < -0.3 is 5.32 Å². The zero-order valence-electron chi connectivity index (χ0n) is 10.5. The van der Waals surface area contributed by atoms with Crippen molar-refractivity contribution < 1.29 is 9.18 Å². The van der Waals surface area contributed by atoms with Crippen LogP contribution >= 0.6 is 23.2 Å². The fourth-order valence-corrected chi connectivity index (χ4v) is 2.03. The number of halogens is 3. The molecule has 2 nitrogen and oxygen atoms in total. The van der Waals surface area contributed by atoms with Crippen molar-refractivity contribution in [2.75, 3.05) is 5.32 Å². The summed E-state index contributed by atoms with van der Waals surface area (Å²) >= 11 is 11.7. The van der Waals surface area contributed by atoms with Gasteiger partial charge in [0.05, 0.1) is 10.0 Å². The van der Waals surface area contributed by atoms with E-state index >= 15 is 0 Å². The summed E-state index contributed by atoms with van der Waals surface area (Å²) in [6.07, 6.45) is 0.874.